The first-order valence-electron chi connectivity index (χ1n) is 37.6. The number of nitrogens with one attached hydrogen (secondary N) is 1. The van der Waals surface area contributed by atoms with E-state index >= 15 is 0 Å². The van der Waals surface area contributed by atoms with E-state index < -0.39 is 49.5 Å². The van der Waals surface area contributed by atoms with Crippen LogP contribution in [0.1, 0.15) is 380 Å². The van der Waals surface area contributed by atoms with Crippen LogP contribution in [0.5, 0.6) is 0 Å². The van der Waals surface area contributed by atoms with Crippen LogP contribution < -0.4 is 5.32 Å². The molecule has 1 saturated heterocycles. The summed E-state index contributed by atoms with van der Waals surface area (Å²) in [6.45, 7) is 4.35. The Kier molecular flexibility index (Phi) is 61.8. The molecule has 0 spiro atoms. The molecule has 1 amide bonds. The van der Waals surface area contributed by atoms with Crippen molar-refractivity contribution in [3.63, 3.8) is 0 Å². The van der Waals surface area contributed by atoms with Crippen LogP contribution in [0.15, 0.2) is 24.3 Å². The summed E-state index contributed by atoms with van der Waals surface area (Å²) < 4.78 is 16.7. The fraction of sp³-hybridized carbons (Fsp3) is 0.920. The maximum Gasteiger partial charge on any atom is 0.305 e. The van der Waals surface area contributed by atoms with Gasteiger partial charge < -0.3 is 45.1 Å². The Morgan fingerprint density at radius 1 is 0.419 bits per heavy atom. The third-order valence-corrected chi connectivity index (χ3v) is 18.1. The molecule has 1 aliphatic rings. The molecule has 0 aromatic rings. The molecule has 1 aliphatic heterocycles. The summed E-state index contributed by atoms with van der Waals surface area (Å²) in [5.74, 6) is -0.169. The lowest BCUT2D eigenvalue weighted by Crippen LogP contribution is -2.60. The maximum absolute atomic E-state index is 13.0. The van der Waals surface area contributed by atoms with Crippen molar-refractivity contribution < 1.29 is 49.3 Å². The lowest BCUT2D eigenvalue weighted by atomic mass is 9.99. The predicted molar refractivity (Wildman–Crippen MR) is 361 cm³/mol. The first-order chi connectivity index (χ1) is 42.2. The maximum atomic E-state index is 13.0. The number of aliphatic hydroxyl groups is 5. The predicted octanol–water partition coefficient (Wildman–Crippen LogP) is 19.6. The number of esters is 1. The molecule has 0 aliphatic carbocycles. The second-order valence-electron chi connectivity index (χ2n) is 26.4. The first kappa shape index (κ1) is 82.2. The molecule has 7 atom stereocenters. The second-order valence-corrected chi connectivity index (χ2v) is 26.4. The van der Waals surface area contributed by atoms with Gasteiger partial charge in [0.15, 0.2) is 6.29 Å². The lowest BCUT2D eigenvalue weighted by molar-refractivity contribution is -0.302. The van der Waals surface area contributed by atoms with Gasteiger partial charge >= 0.3 is 5.97 Å². The molecule has 11 heteroatoms. The van der Waals surface area contributed by atoms with Crippen molar-refractivity contribution >= 4 is 11.9 Å². The van der Waals surface area contributed by atoms with Gasteiger partial charge in [-0.3, -0.25) is 9.59 Å². The third kappa shape index (κ3) is 52.9. The summed E-state index contributed by atoms with van der Waals surface area (Å²) in [6.07, 6.45) is 72.1. The minimum atomic E-state index is -1.57. The minimum Gasteiger partial charge on any atom is -0.466 e. The highest BCUT2D eigenvalue weighted by atomic mass is 16.7. The summed E-state index contributed by atoms with van der Waals surface area (Å²) in [7, 11) is 0. The van der Waals surface area contributed by atoms with Gasteiger partial charge in [-0.1, -0.05) is 334 Å². The van der Waals surface area contributed by atoms with E-state index in [1.807, 2.05) is 6.08 Å². The summed E-state index contributed by atoms with van der Waals surface area (Å²) in [6, 6.07) is -0.804. The highest BCUT2D eigenvalue weighted by Gasteiger charge is 2.44. The highest BCUT2D eigenvalue weighted by molar-refractivity contribution is 5.76. The molecule has 0 aromatic heterocycles. The number of rotatable bonds is 67. The second kappa shape index (κ2) is 64.7. The van der Waals surface area contributed by atoms with E-state index in [4.69, 9.17) is 14.2 Å². The van der Waals surface area contributed by atoms with Gasteiger partial charge in [-0.25, -0.2) is 0 Å². The third-order valence-electron chi connectivity index (χ3n) is 18.1. The van der Waals surface area contributed by atoms with Gasteiger partial charge in [-0.05, 0) is 57.8 Å². The molecule has 508 valence electrons. The van der Waals surface area contributed by atoms with Crippen molar-refractivity contribution in [3.05, 3.63) is 24.3 Å². The zero-order valence-corrected chi connectivity index (χ0v) is 56.6. The molecule has 6 N–H and O–H groups in total. The number of allylic oxidation sites excluding steroid dienone is 3. The van der Waals surface area contributed by atoms with Crippen molar-refractivity contribution in [1.29, 1.82) is 0 Å². The number of hydrogen-bond acceptors (Lipinski definition) is 10. The Morgan fingerprint density at radius 2 is 0.744 bits per heavy atom. The van der Waals surface area contributed by atoms with Crippen molar-refractivity contribution in [2.75, 3.05) is 19.8 Å². The standard InChI is InChI=1S/C75H143NO10/c1-3-5-7-9-11-13-14-15-16-37-40-43-47-51-55-59-63-71(80)84-64-60-56-52-48-44-41-38-35-33-31-29-27-25-23-21-19-17-18-20-22-24-26-28-30-32-34-36-39-42-46-50-54-58-62-70(79)76-67(68(78)61-57-53-49-45-12-10-8-6-4-2)66-85-75-74(83)73(82)72(81)69(65-77)86-75/h16,37,57,61,67-69,72-75,77-78,81-83H,3-15,17-36,38-56,58-60,62-66H2,1-2H3,(H,76,79)/b37-16-,61-57+. The van der Waals surface area contributed by atoms with Crippen molar-refractivity contribution in [3.8, 4) is 0 Å². The van der Waals surface area contributed by atoms with Gasteiger partial charge in [-0.2, -0.15) is 0 Å². The molecular formula is C75H143NO10. The monoisotopic (exact) mass is 1220 g/mol. The van der Waals surface area contributed by atoms with Crippen LogP contribution in [-0.2, 0) is 23.8 Å². The molecule has 0 radical (unpaired) electrons. The van der Waals surface area contributed by atoms with Gasteiger partial charge in [0.2, 0.25) is 5.91 Å². The van der Waals surface area contributed by atoms with Gasteiger partial charge in [0.25, 0.3) is 0 Å². The fourth-order valence-electron chi connectivity index (χ4n) is 12.1. The van der Waals surface area contributed by atoms with E-state index in [1.165, 1.54) is 295 Å². The van der Waals surface area contributed by atoms with Crippen LogP contribution in [0.3, 0.4) is 0 Å². The Hall–Kier alpha value is -1.86. The number of hydrogen-bond donors (Lipinski definition) is 6. The summed E-state index contributed by atoms with van der Waals surface area (Å²) in [5.41, 5.74) is 0. The number of unbranched alkanes of at least 4 members (excludes halogenated alkanes) is 51. The van der Waals surface area contributed by atoms with Crippen molar-refractivity contribution in [1.82, 2.24) is 5.32 Å². The Morgan fingerprint density at radius 3 is 1.12 bits per heavy atom. The smallest absolute Gasteiger partial charge is 0.305 e. The molecule has 0 aromatic carbocycles. The van der Waals surface area contributed by atoms with Gasteiger partial charge in [0, 0.05) is 12.8 Å². The van der Waals surface area contributed by atoms with Gasteiger partial charge in [-0.15, -0.1) is 0 Å². The molecule has 1 fully saturated rings. The summed E-state index contributed by atoms with van der Waals surface area (Å²) in [5, 5.41) is 54.3. The van der Waals surface area contributed by atoms with E-state index in [0.29, 0.717) is 19.4 Å². The van der Waals surface area contributed by atoms with E-state index in [1.54, 1.807) is 6.08 Å². The van der Waals surface area contributed by atoms with Gasteiger partial charge in [0.1, 0.15) is 24.4 Å². The van der Waals surface area contributed by atoms with Crippen LogP contribution in [-0.4, -0.2) is 100 Å². The molecule has 7 unspecified atom stereocenters. The quantitative estimate of drug-likeness (QED) is 0.0195. The van der Waals surface area contributed by atoms with E-state index in [-0.39, 0.29) is 18.5 Å². The van der Waals surface area contributed by atoms with Crippen LogP contribution in [0.25, 0.3) is 0 Å². The number of amides is 1. The van der Waals surface area contributed by atoms with E-state index in [9.17, 15) is 35.1 Å². The van der Waals surface area contributed by atoms with Crippen LogP contribution >= 0.6 is 0 Å². The SMILES string of the molecule is CCCCCCCCC/C=C\CCCCCCCC(=O)OCCCCCCCCCCCCCCCCCCCCCCCCCCCCCCCCCCCC(=O)NC(COC1OC(CO)C(O)C(O)C1O)C(O)/C=C/CCCCCCCCC. The zero-order chi connectivity index (χ0) is 62.3. The average molecular weight is 1220 g/mol. The topological polar surface area (TPSA) is 175 Å². The minimum absolute atomic E-state index is 0.00768. The zero-order valence-electron chi connectivity index (χ0n) is 56.6. The summed E-state index contributed by atoms with van der Waals surface area (Å²) >= 11 is 0. The molecule has 11 nitrogen and oxygen atoms in total. The number of carbonyl (C=O) groups is 2. The Bertz CT molecular complexity index is 1480. The highest BCUT2D eigenvalue weighted by Crippen LogP contribution is 2.24. The van der Waals surface area contributed by atoms with Crippen molar-refractivity contribution in [2.45, 2.75) is 423 Å². The fourth-order valence-corrected chi connectivity index (χ4v) is 12.1. The average Bonchev–Trinajstić information content (AvgIpc) is 3.61. The summed E-state index contributed by atoms with van der Waals surface area (Å²) in [4.78, 5) is 25.1. The Balaban J connectivity index is 1.86. The van der Waals surface area contributed by atoms with Crippen LogP contribution in [0.4, 0.5) is 0 Å². The van der Waals surface area contributed by atoms with Crippen LogP contribution in [0.2, 0.25) is 0 Å². The van der Waals surface area contributed by atoms with E-state index in [0.717, 1.165) is 57.8 Å². The first-order valence-corrected chi connectivity index (χ1v) is 37.6. The normalized spacial score (nSPS) is 18.0. The molecular weight excluding hydrogens is 1070 g/mol. The molecule has 0 bridgehead atoms. The molecule has 1 rings (SSSR count). The molecule has 0 saturated carbocycles. The largest absolute Gasteiger partial charge is 0.466 e. The van der Waals surface area contributed by atoms with Gasteiger partial charge in [0.05, 0.1) is 32.0 Å². The van der Waals surface area contributed by atoms with Crippen LogP contribution in [0, 0.1) is 0 Å². The molecule has 86 heavy (non-hydrogen) atoms. The molecule has 1 heterocycles. The lowest BCUT2D eigenvalue weighted by Gasteiger charge is -2.40. The number of carbonyl (C=O) groups excluding carboxylic acids is 2. The van der Waals surface area contributed by atoms with E-state index in [2.05, 4.69) is 31.3 Å². The number of aliphatic hydroxyl groups excluding tert-OH is 5. The Labute approximate surface area is 531 Å². The number of ether oxygens (including phenoxy) is 3. The van der Waals surface area contributed by atoms with Crippen molar-refractivity contribution in [2.24, 2.45) is 0 Å².